The second-order valence-electron chi connectivity index (χ2n) is 6.74. The summed E-state index contributed by atoms with van der Waals surface area (Å²) < 4.78 is 10.8. The number of carbonyl (C=O) groups excluding carboxylic acids is 2. The van der Waals surface area contributed by atoms with Crippen LogP contribution < -0.4 is 0 Å². The molecule has 1 rings (SSSR count). The van der Waals surface area contributed by atoms with Crippen LogP contribution in [0.5, 0.6) is 0 Å². The van der Waals surface area contributed by atoms with Gasteiger partial charge in [0.15, 0.2) is 6.10 Å². The van der Waals surface area contributed by atoms with Gasteiger partial charge in [0.1, 0.15) is 0 Å². The minimum absolute atomic E-state index is 0.211. The molecule has 136 valence electrons. The molecule has 4 heteroatoms. The monoisotopic (exact) mass is 344 g/mol. The fourth-order valence-electron chi connectivity index (χ4n) is 2.13. The van der Waals surface area contributed by atoms with E-state index < -0.39 is 18.0 Å². The number of carbonyl (C=O) groups is 2. The number of benzene rings is 1. The first kappa shape index (κ1) is 20.8. The highest BCUT2D eigenvalue weighted by Crippen LogP contribution is 2.16. The zero-order valence-corrected chi connectivity index (χ0v) is 15.8. The molecule has 0 N–H and O–H groups in total. The van der Waals surface area contributed by atoms with Crippen molar-refractivity contribution in [3.63, 3.8) is 0 Å². The van der Waals surface area contributed by atoms with Gasteiger partial charge in [0.25, 0.3) is 0 Å². The van der Waals surface area contributed by atoms with Gasteiger partial charge >= 0.3 is 11.9 Å². The van der Waals surface area contributed by atoms with E-state index in [0.29, 0.717) is 25.4 Å². The van der Waals surface area contributed by atoms with Gasteiger partial charge in [0.2, 0.25) is 0 Å². The number of hydrogen-bond donors (Lipinski definition) is 0. The summed E-state index contributed by atoms with van der Waals surface area (Å²) in [4.78, 5) is 24.8. The second kappa shape index (κ2) is 10.6. The third-order valence-electron chi connectivity index (χ3n) is 3.29. The Morgan fingerprint density at radius 1 is 1.00 bits per heavy atom. The van der Waals surface area contributed by atoms with Crippen LogP contribution in [-0.2, 0) is 9.47 Å². The molecule has 0 aliphatic rings. The molecule has 4 nitrogen and oxygen atoms in total. The van der Waals surface area contributed by atoms with Crippen LogP contribution in [0.2, 0.25) is 0 Å². The van der Waals surface area contributed by atoms with Gasteiger partial charge in [-0.1, -0.05) is 58.6 Å². The molecule has 0 heterocycles. The van der Waals surface area contributed by atoms with Gasteiger partial charge in [0, 0.05) is 6.42 Å². The molecule has 0 aliphatic carbocycles. The molecule has 0 bridgehead atoms. The van der Waals surface area contributed by atoms with E-state index in [1.165, 1.54) is 0 Å². The minimum atomic E-state index is -0.548. The maximum atomic E-state index is 12.6. The Morgan fingerprint density at radius 3 is 2.12 bits per heavy atom. The molecule has 0 aliphatic heterocycles. The largest absolute Gasteiger partial charge is 0.462 e. The highest BCUT2D eigenvalue weighted by Gasteiger charge is 2.22. The van der Waals surface area contributed by atoms with Crippen LogP contribution in [0, 0.1) is 23.7 Å². The molecule has 0 spiro atoms. The maximum absolute atomic E-state index is 12.6. The average molecular weight is 344 g/mol. The second-order valence-corrected chi connectivity index (χ2v) is 6.74. The Balaban J connectivity index is 2.95. The first-order valence-electron chi connectivity index (χ1n) is 8.80. The Labute approximate surface area is 150 Å². The van der Waals surface area contributed by atoms with E-state index in [1.807, 2.05) is 34.6 Å². The summed E-state index contributed by atoms with van der Waals surface area (Å²) in [5, 5.41) is 0. The third kappa shape index (κ3) is 7.43. The van der Waals surface area contributed by atoms with Crippen LogP contribution >= 0.6 is 0 Å². The number of esters is 2. The highest BCUT2D eigenvalue weighted by molar-refractivity contribution is 6.03. The molecule has 0 saturated heterocycles. The molecule has 1 unspecified atom stereocenters. The molecule has 0 saturated carbocycles. The first-order chi connectivity index (χ1) is 11.8. The van der Waals surface area contributed by atoms with Gasteiger partial charge < -0.3 is 9.47 Å². The lowest BCUT2D eigenvalue weighted by Gasteiger charge is -2.16. The molecular weight excluding hydrogens is 316 g/mol. The van der Waals surface area contributed by atoms with Crippen LogP contribution in [0.3, 0.4) is 0 Å². The van der Waals surface area contributed by atoms with Crippen molar-refractivity contribution in [1.82, 2.24) is 0 Å². The highest BCUT2D eigenvalue weighted by atomic mass is 16.5. The normalized spacial score (nSPS) is 11.6. The van der Waals surface area contributed by atoms with E-state index in [1.54, 1.807) is 24.3 Å². The van der Waals surface area contributed by atoms with Crippen LogP contribution in [0.25, 0.3) is 0 Å². The summed E-state index contributed by atoms with van der Waals surface area (Å²) in [6.45, 7) is 10.3. The molecule has 0 fully saturated rings. The summed E-state index contributed by atoms with van der Waals surface area (Å²) >= 11 is 0. The molecule has 1 atom stereocenters. The lowest BCUT2D eigenvalue weighted by Crippen LogP contribution is -2.21. The quantitative estimate of drug-likeness (QED) is 0.540. The standard InChI is InChI=1S/C21H28O4/c1-6-7-10-17(13-15(2)3)25-21(23)19-12-9-8-11-18(19)20(22)24-14-16(4)5/h8-9,11-12,15-17H,6,13-14H2,1-5H3. The van der Waals surface area contributed by atoms with E-state index in [0.717, 1.165) is 0 Å². The minimum Gasteiger partial charge on any atom is -0.462 e. The number of ether oxygens (including phenoxy) is 2. The average Bonchev–Trinajstić information content (AvgIpc) is 2.56. The van der Waals surface area contributed by atoms with Gasteiger partial charge in [-0.25, -0.2) is 9.59 Å². The van der Waals surface area contributed by atoms with E-state index >= 15 is 0 Å². The van der Waals surface area contributed by atoms with Crippen molar-refractivity contribution in [2.45, 2.75) is 53.6 Å². The molecule has 0 aromatic heterocycles. The van der Waals surface area contributed by atoms with Crippen LogP contribution in [0.15, 0.2) is 24.3 Å². The van der Waals surface area contributed by atoms with Crippen molar-refractivity contribution >= 4 is 11.9 Å². The number of rotatable bonds is 7. The van der Waals surface area contributed by atoms with Gasteiger partial charge in [-0.15, -0.1) is 0 Å². The van der Waals surface area contributed by atoms with Crippen molar-refractivity contribution < 1.29 is 19.1 Å². The summed E-state index contributed by atoms with van der Waals surface area (Å²) in [5.74, 6) is 5.45. The molecule has 1 aromatic carbocycles. The molecule has 25 heavy (non-hydrogen) atoms. The van der Waals surface area contributed by atoms with Gasteiger partial charge in [0.05, 0.1) is 17.7 Å². The third-order valence-corrected chi connectivity index (χ3v) is 3.29. The van der Waals surface area contributed by atoms with Crippen molar-refractivity contribution in [3.8, 4) is 11.8 Å². The molecule has 0 amide bonds. The zero-order valence-electron chi connectivity index (χ0n) is 15.8. The maximum Gasteiger partial charge on any atom is 0.340 e. The van der Waals surface area contributed by atoms with Crippen molar-refractivity contribution in [3.05, 3.63) is 35.4 Å². The lowest BCUT2D eigenvalue weighted by atomic mass is 10.1. The zero-order chi connectivity index (χ0) is 18.8. The summed E-state index contributed by atoms with van der Waals surface area (Å²) in [6, 6.07) is 6.55. The Morgan fingerprint density at radius 2 is 1.60 bits per heavy atom. The van der Waals surface area contributed by atoms with Crippen LogP contribution in [0.4, 0.5) is 0 Å². The summed E-state index contributed by atoms with van der Waals surface area (Å²) in [5.41, 5.74) is 0.434. The van der Waals surface area contributed by atoms with E-state index in [9.17, 15) is 9.59 Å². The Kier molecular flexibility index (Phi) is 8.77. The molecule has 0 radical (unpaired) electrons. The number of hydrogen-bond acceptors (Lipinski definition) is 4. The predicted molar refractivity (Wildman–Crippen MR) is 98.3 cm³/mol. The summed E-state index contributed by atoms with van der Waals surface area (Å²) in [6.07, 6.45) is 0.871. The fraction of sp³-hybridized carbons (Fsp3) is 0.524. The van der Waals surface area contributed by atoms with E-state index in [-0.39, 0.29) is 17.0 Å². The Hall–Kier alpha value is -2.28. The van der Waals surface area contributed by atoms with Crippen LogP contribution in [0.1, 0.15) is 68.2 Å². The van der Waals surface area contributed by atoms with E-state index in [2.05, 4.69) is 11.8 Å². The van der Waals surface area contributed by atoms with Crippen molar-refractivity contribution in [2.75, 3.05) is 6.61 Å². The van der Waals surface area contributed by atoms with Crippen molar-refractivity contribution in [1.29, 1.82) is 0 Å². The fourth-order valence-corrected chi connectivity index (χ4v) is 2.13. The lowest BCUT2D eigenvalue weighted by molar-refractivity contribution is 0.0355. The Bertz CT molecular complexity index is 635. The van der Waals surface area contributed by atoms with Gasteiger partial charge in [-0.2, -0.15) is 0 Å². The smallest absolute Gasteiger partial charge is 0.340 e. The first-order valence-corrected chi connectivity index (χ1v) is 8.80. The van der Waals surface area contributed by atoms with E-state index in [4.69, 9.17) is 9.47 Å². The molecular formula is C21H28O4. The van der Waals surface area contributed by atoms with Crippen molar-refractivity contribution in [2.24, 2.45) is 11.8 Å². The molecule has 1 aromatic rings. The van der Waals surface area contributed by atoms with Crippen LogP contribution in [-0.4, -0.2) is 24.6 Å². The van der Waals surface area contributed by atoms with Gasteiger partial charge in [-0.3, -0.25) is 0 Å². The topological polar surface area (TPSA) is 52.6 Å². The van der Waals surface area contributed by atoms with Gasteiger partial charge in [-0.05, 0) is 30.4 Å². The summed E-state index contributed by atoms with van der Waals surface area (Å²) in [7, 11) is 0. The predicted octanol–water partition coefficient (Wildman–Crippen LogP) is 4.48. The SMILES string of the molecule is CCC#CC(CC(C)C)OC(=O)c1ccccc1C(=O)OCC(C)C.